The molecule has 7 nitrogen and oxygen atoms in total. The van der Waals surface area contributed by atoms with Crippen LogP contribution in [0.5, 0.6) is 0 Å². The third-order valence-corrected chi connectivity index (χ3v) is 7.94. The molecule has 2 saturated heterocycles. The summed E-state index contributed by atoms with van der Waals surface area (Å²) in [6, 6.07) is 14.4. The maximum atomic E-state index is 12.6. The quantitative estimate of drug-likeness (QED) is 0.662. The Kier molecular flexibility index (Phi) is 6.91. The molecule has 2 fully saturated rings. The van der Waals surface area contributed by atoms with Crippen molar-refractivity contribution in [3.63, 3.8) is 0 Å². The van der Waals surface area contributed by atoms with Crippen LogP contribution in [0.2, 0.25) is 0 Å². The number of amides is 2. The highest BCUT2D eigenvalue weighted by molar-refractivity contribution is 7.89. The first kappa shape index (κ1) is 22.5. The molecule has 0 bridgehead atoms. The number of benzene rings is 2. The number of hydrogen-bond donors (Lipinski definition) is 1. The zero-order chi connectivity index (χ0) is 22.6. The van der Waals surface area contributed by atoms with Crippen LogP contribution in [-0.2, 0) is 32.6 Å². The molecule has 0 unspecified atom stereocenters. The fourth-order valence-electron chi connectivity index (χ4n) is 4.23. The molecule has 2 heterocycles. The Morgan fingerprint density at radius 1 is 0.938 bits per heavy atom. The van der Waals surface area contributed by atoms with E-state index in [1.54, 1.807) is 24.3 Å². The molecule has 0 spiro atoms. The molecule has 0 aromatic heterocycles. The van der Waals surface area contributed by atoms with Crippen molar-refractivity contribution in [2.45, 2.75) is 50.0 Å². The average molecular weight is 456 g/mol. The molecule has 8 heteroatoms. The molecule has 4 rings (SSSR count). The summed E-state index contributed by atoms with van der Waals surface area (Å²) in [5.74, 6) is 0.0758. The Morgan fingerprint density at radius 3 is 2.38 bits per heavy atom. The van der Waals surface area contributed by atoms with Gasteiger partial charge in [0.2, 0.25) is 21.8 Å². The number of sulfonamides is 1. The van der Waals surface area contributed by atoms with Gasteiger partial charge in [-0.3, -0.25) is 9.59 Å². The zero-order valence-corrected chi connectivity index (χ0v) is 18.9. The maximum absolute atomic E-state index is 12.6. The van der Waals surface area contributed by atoms with E-state index in [2.05, 4.69) is 5.32 Å². The van der Waals surface area contributed by atoms with Crippen molar-refractivity contribution in [3.05, 3.63) is 59.7 Å². The number of nitrogens with one attached hydrogen (secondary N) is 1. The fraction of sp³-hybridized carbons (Fsp3) is 0.417. The second-order valence-electron chi connectivity index (χ2n) is 8.42. The van der Waals surface area contributed by atoms with Crippen molar-refractivity contribution in [1.82, 2.24) is 9.21 Å². The van der Waals surface area contributed by atoms with Crippen molar-refractivity contribution in [2.75, 3.05) is 25.0 Å². The summed E-state index contributed by atoms with van der Waals surface area (Å²) in [7, 11) is -3.41. The minimum atomic E-state index is -3.41. The van der Waals surface area contributed by atoms with Crippen LogP contribution in [0.3, 0.4) is 0 Å². The molecular weight excluding hydrogens is 426 g/mol. The van der Waals surface area contributed by atoms with Crippen LogP contribution in [0.15, 0.2) is 53.4 Å². The van der Waals surface area contributed by atoms with E-state index in [-0.39, 0.29) is 11.8 Å². The van der Waals surface area contributed by atoms with Crippen molar-refractivity contribution in [2.24, 2.45) is 0 Å². The van der Waals surface area contributed by atoms with E-state index in [0.717, 1.165) is 36.9 Å². The molecule has 2 aromatic rings. The number of carbonyl (C=O) groups excluding carboxylic acids is 2. The second kappa shape index (κ2) is 9.83. The summed E-state index contributed by atoms with van der Waals surface area (Å²) >= 11 is 0. The Labute approximate surface area is 189 Å². The van der Waals surface area contributed by atoms with Gasteiger partial charge in [-0.05, 0) is 61.1 Å². The Morgan fingerprint density at radius 2 is 1.69 bits per heavy atom. The summed E-state index contributed by atoms with van der Waals surface area (Å²) in [4.78, 5) is 26.4. The van der Waals surface area contributed by atoms with E-state index < -0.39 is 10.0 Å². The minimum absolute atomic E-state index is 0.104. The van der Waals surface area contributed by atoms with Crippen molar-refractivity contribution < 1.29 is 18.0 Å². The largest absolute Gasteiger partial charge is 0.338 e. The van der Waals surface area contributed by atoms with Gasteiger partial charge >= 0.3 is 0 Å². The topological polar surface area (TPSA) is 86.8 Å². The van der Waals surface area contributed by atoms with Crippen LogP contribution in [0.4, 0.5) is 5.69 Å². The molecule has 0 aliphatic carbocycles. The normalized spacial score (nSPS) is 17.1. The highest BCUT2D eigenvalue weighted by atomic mass is 32.2. The molecule has 1 N–H and O–H groups in total. The van der Waals surface area contributed by atoms with E-state index in [1.807, 2.05) is 29.2 Å². The standard InChI is InChI=1S/C24H29N3O4S/c28-23(25-21-6-3-5-20(17-21)18-26-14-4-7-24(26)29)13-10-19-8-11-22(12-9-19)32(30,31)27-15-1-2-16-27/h3,5-6,8-9,11-12,17H,1-2,4,7,10,13-16,18H2,(H,25,28). The van der Waals surface area contributed by atoms with E-state index in [0.29, 0.717) is 49.5 Å². The van der Waals surface area contributed by atoms with E-state index >= 15 is 0 Å². The van der Waals surface area contributed by atoms with Crippen molar-refractivity contribution in [1.29, 1.82) is 0 Å². The molecule has 2 aliphatic rings. The highest BCUT2D eigenvalue weighted by Gasteiger charge is 2.27. The van der Waals surface area contributed by atoms with Gasteiger partial charge in [0.25, 0.3) is 0 Å². The number of nitrogens with zero attached hydrogens (tertiary/aromatic N) is 2. The van der Waals surface area contributed by atoms with Crippen LogP contribution in [-0.4, -0.2) is 49.1 Å². The third-order valence-electron chi connectivity index (χ3n) is 6.02. The predicted octanol–water partition coefficient (Wildman–Crippen LogP) is 3.16. The maximum Gasteiger partial charge on any atom is 0.243 e. The van der Waals surface area contributed by atoms with E-state index in [1.165, 1.54) is 4.31 Å². The van der Waals surface area contributed by atoms with E-state index in [4.69, 9.17) is 0 Å². The number of hydrogen-bond acceptors (Lipinski definition) is 4. The molecule has 0 radical (unpaired) electrons. The first-order valence-corrected chi connectivity index (χ1v) is 12.6. The van der Waals surface area contributed by atoms with Crippen LogP contribution < -0.4 is 5.32 Å². The van der Waals surface area contributed by atoms with Gasteiger partial charge in [0.05, 0.1) is 4.90 Å². The summed E-state index contributed by atoms with van der Waals surface area (Å²) in [6.07, 6.45) is 4.16. The lowest BCUT2D eigenvalue weighted by atomic mass is 10.1. The van der Waals surface area contributed by atoms with Crippen LogP contribution in [0, 0.1) is 0 Å². The van der Waals surface area contributed by atoms with E-state index in [9.17, 15) is 18.0 Å². The molecule has 2 aliphatic heterocycles. The molecule has 0 saturated carbocycles. The van der Waals surface area contributed by atoms with Gasteiger partial charge in [-0.1, -0.05) is 24.3 Å². The van der Waals surface area contributed by atoms with Gasteiger partial charge in [0, 0.05) is 44.7 Å². The van der Waals surface area contributed by atoms with Gasteiger partial charge in [0.15, 0.2) is 0 Å². The summed E-state index contributed by atoms with van der Waals surface area (Å²) in [6.45, 7) is 2.52. The molecule has 2 amide bonds. The lowest BCUT2D eigenvalue weighted by molar-refractivity contribution is -0.128. The number of rotatable bonds is 8. The minimum Gasteiger partial charge on any atom is -0.338 e. The SMILES string of the molecule is O=C(CCc1ccc(S(=O)(=O)N2CCCC2)cc1)Nc1cccc(CN2CCCC2=O)c1. The highest BCUT2D eigenvalue weighted by Crippen LogP contribution is 2.22. The van der Waals surface area contributed by atoms with Crippen LogP contribution >= 0.6 is 0 Å². The van der Waals surface area contributed by atoms with Gasteiger partial charge < -0.3 is 10.2 Å². The zero-order valence-electron chi connectivity index (χ0n) is 18.1. The Balaban J connectivity index is 1.29. The Hall–Kier alpha value is -2.71. The number of carbonyl (C=O) groups is 2. The monoisotopic (exact) mass is 455 g/mol. The summed E-state index contributed by atoms with van der Waals surface area (Å²) in [5.41, 5.74) is 2.63. The third kappa shape index (κ3) is 5.37. The molecular formula is C24H29N3O4S. The van der Waals surface area contributed by atoms with Crippen molar-refractivity contribution >= 4 is 27.5 Å². The average Bonchev–Trinajstić information content (AvgIpc) is 3.46. The smallest absolute Gasteiger partial charge is 0.243 e. The first-order valence-electron chi connectivity index (χ1n) is 11.2. The van der Waals surface area contributed by atoms with Gasteiger partial charge in [-0.2, -0.15) is 4.31 Å². The van der Waals surface area contributed by atoms with Crippen LogP contribution in [0.25, 0.3) is 0 Å². The summed E-state index contributed by atoms with van der Waals surface area (Å²) in [5, 5.41) is 2.92. The van der Waals surface area contributed by atoms with Gasteiger partial charge in [0.1, 0.15) is 0 Å². The Bertz CT molecular complexity index is 1080. The molecule has 32 heavy (non-hydrogen) atoms. The number of anilines is 1. The van der Waals surface area contributed by atoms with Gasteiger partial charge in [-0.15, -0.1) is 0 Å². The lowest BCUT2D eigenvalue weighted by Gasteiger charge is -2.16. The first-order chi connectivity index (χ1) is 15.4. The predicted molar refractivity (Wildman–Crippen MR) is 122 cm³/mol. The lowest BCUT2D eigenvalue weighted by Crippen LogP contribution is -2.27. The number of likely N-dealkylation sites (tertiary alicyclic amines) is 1. The second-order valence-corrected chi connectivity index (χ2v) is 10.4. The van der Waals surface area contributed by atoms with Gasteiger partial charge in [-0.25, -0.2) is 8.42 Å². The molecule has 170 valence electrons. The fourth-order valence-corrected chi connectivity index (χ4v) is 5.74. The summed E-state index contributed by atoms with van der Waals surface area (Å²) < 4.78 is 26.7. The molecule has 2 aromatic carbocycles. The number of aryl methyl sites for hydroxylation is 1. The molecule has 0 atom stereocenters. The van der Waals surface area contributed by atoms with Crippen molar-refractivity contribution in [3.8, 4) is 0 Å². The van der Waals surface area contributed by atoms with Crippen LogP contribution in [0.1, 0.15) is 43.2 Å².